The average molecular weight is 304 g/mol. The fourth-order valence-corrected chi connectivity index (χ4v) is 2.79. The minimum Gasteiger partial charge on any atom is -0.337 e. The number of hydrogen-bond acceptors (Lipinski definition) is 3. The molecule has 1 rings (SSSR count). The molecule has 0 aliphatic carbocycles. The van der Waals surface area contributed by atoms with Gasteiger partial charge in [0.15, 0.2) is 0 Å². The number of carbonyl (C=O) groups is 1. The van der Waals surface area contributed by atoms with E-state index in [-0.39, 0.29) is 17.1 Å². The van der Waals surface area contributed by atoms with Crippen LogP contribution in [-0.4, -0.2) is 16.7 Å². The first kappa shape index (κ1) is 17.6. The summed E-state index contributed by atoms with van der Waals surface area (Å²) < 4.78 is 0. The lowest BCUT2D eigenvalue weighted by Crippen LogP contribution is -2.51. The first-order valence-electron chi connectivity index (χ1n) is 7.16. The molecule has 1 amide bonds. The molecule has 21 heavy (non-hydrogen) atoms. The van der Waals surface area contributed by atoms with Crippen molar-refractivity contribution in [2.24, 2.45) is 5.92 Å². The quantitative estimate of drug-likeness (QED) is 0.841. The Morgan fingerprint density at radius 2 is 1.95 bits per heavy atom. The van der Waals surface area contributed by atoms with E-state index in [0.717, 1.165) is 10.5 Å². The lowest BCUT2D eigenvalue weighted by molar-refractivity contribution is -0.121. The molecule has 1 aromatic rings. The van der Waals surface area contributed by atoms with Crippen LogP contribution in [0.3, 0.4) is 0 Å². The summed E-state index contributed by atoms with van der Waals surface area (Å²) in [6.07, 6.45) is 0. The fourth-order valence-electron chi connectivity index (χ4n) is 1.74. The molecule has 1 N–H and O–H groups in total. The maximum atomic E-state index is 12.3. The fraction of sp³-hybridized carbons (Fsp3) is 0.529. The molecule has 4 heteroatoms. The predicted molar refractivity (Wildman–Crippen MR) is 88.2 cm³/mol. The predicted octanol–water partition coefficient (Wildman–Crippen LogP) is 3.84. The van der Waals surface area contributed by atoms with Crippen molar-refractivity contribution in [3.63, 3.8) is 0 Å². The normalized spacial score (nSPS) is 15.1. The molecular formula is C17H24N2OS. The molecule has 0 heterocycles. The van der Waals surface area contributed by atoms with Crippen LogP contribution in [0.5, 0.6) is 0 Å². The van der Waals surface area contributed by atoms with Crippen LogP contribution < -0.4 is 5.32 Å². The van der Waals surface area contributed by atoms with Gasteiger partial charge in [0, 0.05) is 4.90 Å². The van der Waals surface area contributed by atoms with Crippen molar-refractivity contribution in [1.82, 2.24) is 5.32 Å². The van der Waals surface area contributed by atoms with Crippen LogP contribution in [0.2, 0.25) is 0 Å². The number of aryl methyl sites for hydroxylation is 2. The van der Waals surface area contributed by atoms with Gasteiger partial charge in [0.05, 0.1) is 11.3 Å². The number of nitrogens with one attached hydrogen (secondary N) is 1. The largest absolute Gasteiger partial charge is 0.337 e. The van der Waals surface area contributed by atoms with Crippen LogP contribution in [0.15, 0.2) is 23.1 Å². The Morgan fingerprint density at radius 1 is 1.33 bits per heavy atom. The minimum absolute atomic E-state index is 0.0596. The molecule has 0 saturated heterocycles. The number of rotatable bonds is 5. The monoisotopic (exact) mass is 304 g/mol. The van der Waals surface area contributed by atoms with E-state index in [2.05, 4.69) is 29.6 Å². The summed E-state index contributed by atoms with van der Waals surface area (Å²) in [5, 5.41) is 11.9. The lowest BCUT2D eigenvalue weighted by Gasteiger charge is -2.28. The van der Waals surface area contributed by atoms with Crippen molar-refractivity contribution in [1.29, 1.82) is 5.26 Å². The second-order valence-corrected chi connectivity index (χ2v) is 7.37. The summed E-state index contributed by atoms with van der Waals surface area (Å²) in [4.78, 5) is 13.5. The van der Waals surface area contributed by atoms with Gasteiger partial charge in [-0.25, -0.2) is 0 Å². The molecule has 0 saturated carbocycles. The molecule has 0 aliphatic heterocycles. The number of benzene rings is 1. The van der Waals surface area contributed by atoms with E-state index >= 15 is 0 Å². The Bertz CT molecular complexity index is 562. The zero-order valence-corrected chi connectivity index (χ0v) is 14.5. The van der Waals surface area contributed by atoms with Crippen LogP contribution in [0.4, 0.5) is 0 Å². The second-order valence-electron chi connectivity index (χ2n) is 5.99. The van der Waals surface area contributed by atoms with E-state index in [0.29, 0.717) is 0 Å². The summed E-state index contributed by atoms with van der Waals surface area (Å²) in [6, 6.07) is 8.43. The van der Waals surface area contributed by atoms with Crippen molar-refractivity contribution in [2.75, 3.05) is 0 Å². The molecule has 0 fully saturated rings. The first-order chi connectivity index (χ1) is 9.69. The van der Waals surface area contributed by atoms with Crippen LogP contribution in [-0.2, 0) is 4.79 Å². The standard InChI is InChI=1S/C17H24N2OS/c1-11(2)17(6,10-18)19-16(20)14(5)21-15-9-12(3)7-8-13(15)4/h7-9,11,14H,1-6H3,(H,19,20). The molecule has 2 unspecified atom stereocenters. The molecule has 0 aliphatic rings. The summed E-state index contributed by atoms with van der Waals surface area (Å²) in [6.45, 7) is 11.6. The van der Waals surface area contributed by atoms with Crippen molar-refractivity contribution in [2.45, 2.75) is 57.2 Å². The molecule has 0 aromatic heterocycles. The van der Waals surface area contributed by atoms with E-state index in [1.807, 2.05) is 34.6 Å². The number of nitriles is 1. The highest BCUT2D eigenvalue weighted by Crippen LogP contribution is 2.28. The van der Waals surface area contributed by atoms with E-state index in [1.54, 1.807) is 6.92 Å². The van der Waals surface area contributed by atoms with Gasteiger partial charge >= 0.3 is 0 Å². The van der Waals surface area contributed by atoms with Crippen LogP contribution in [0, 0.1) is 31.1 Å². The Hall–Kier alpha value is -1.47. The highest BCUT2D eigenvalue weighted by molar-refractivity contribution is 8.00. The zero-order chi connectivity index (χ0) is 16.2. The number of hydrogen-bond donors (Lipinski definition) is 1. The van der Waals surface area contributed by atoms with Gasteiger partial charge in [-0.15, -0.1) is 11.8 Å². The third-order valence-electron chi connectivity index (χ3n) is 3.79. The minimum atomic E-state index is -0.826. The van der Waals surface area contributed by atoms with Gasteiger partial charge in [-0.3, -0.25) is 4.79 Å². The van der Waals surface area contributed by atoms with Crippen molar-refractivity contribution in [3.8, 4) is 6.07 Å². The van der Waals surface area contributed by atoms with Crippen LogP contribution in [0.1, 0.15) is 38.8 Å². The first-order valence-corrected chi connectivity index (χ1v) is 8.04. The van der Waals surface area contributed by atoms with Crippen LogP contribution >= 0.6 is 11.8 Å². The van der Waals surface area contributed by atoms with Gasteiger partial charge in [0.1, 0.15) is 5.54 Å². The van der Waals surface area contributed by atoms with Gasteiger partial charge in [-0.1, -0.05) is 31.5 Å². The third kappa shape index (κ3) is 4.50. The Kier molecular flexibility index (Phi) is 5.86. The van der Waals surface area contributed by atoms with Crippen LogP contribution in [0.25, 0.3) is 0 Å². The molecule has 3 nitrogen and oxygen atoms in total. The van der Waals surface area contributed by atoms with Gasteiger partial charge in [-0.2, -0.15) is 5.26 Å². The summed E-state index contributed by atoms with van der Waals surface area (Å²) >= 11 is 1.53. The third-order valence-corrected chi connectivity index (χ3v) is 5.05. The van der Waals surface area contributed by atoms with Gasteiger partial charge in [-0.05, 0) is 45.2 Å². The summed E-state index contributed by atoms with van der Waals surface area (Å²) in [5.74, 6) is -0.0389. The van der Waals surface area contributed by atoms with E-state index in [4.69, 9.17) is 0 Å². The maximum Gasteiger partial charge on any atom is 0.234 e. The number of thioether (sulfide) groups is 1. The van der Waals surface area contributed by atoms with E-state index < -0.39 is 5.54 Å². The number of carbonyl (C=O) groups excluding carboxylic acids is 1. The highest BCUT2D eigenvalue weighted by atomic mass is 32.2. The van der Waals surface area contributed by atoms with Crippen molar-refractivity contribution < 1.29 is 4.79 Å². The zero-order valence-electron chi connectivity index (χ0n) is 13.7. The molecule has 0 bridgehead atoms. The summed E-state index contributed by atoms with van der Waals surface area (Å²) in [7, 11) is 0. The lowest BCUT2D eigenvalue weighted by atomic mass is 9.90. The molecule has 0 spiro atoms. The topological polar surface area (TPSA) is 52.9 Å². The molecule has 2 atom stereocenters. The van der Waals surface area contributed by atoms with Gasteiger partial charge in [0.25, 0.3) is 0 Å². The van der Waals surface area contributed by atoms with Gasteiger partial charge in [0.2, 0.25) is 5.91 Å². The SMILES string of the molecule is Cc1ccc(C)c(SC(C)C(=O)NC(C)(C#N)C(C)C)c1. The smallest absolute Gasteiger partial charge is 0.234 e. The van der Waals surface area contributed by atoms with Gasteiger partial charge < -0.3 is 5.32 Å². The Morgan fingerprint density at radius 3 is 2.48 bits per heavy atom. The van der Waals surface area contributed by atoms with E-state index in [1.165, 1.54) is 17.3 Å². The molecule has 0 radical (unpaired) electrons. The average Bonchev–Trinajstić information content (AvgIpc) is 2.42. The van der Waals surface area contributed by atoms with Crippen molar-refractivity contribution >= 4 is 17.7 Å². The number of amides is 1. The molecular weight excluding hydrogens is 280 g/mol. The molecule has 114 valence electrons. The Balaban J connectivity index is 2.80. The summed E-state index contributed by atoms with van der Waals surface area (Å²) in [5.41, 5.74) is 1.52. The Labute approximate surface area is 132 Å². The number of nitrogens with zero attached hydrogens (tertiary/aromatic N) is 1. The highest BCUT2D eigenvalue weighted by Gasteiger charge is 2.31. The second kappa shape index (κ2) is 7.00. The van der Waals surface area contributed by atoms with Crippen molar-refractivity contribution in [3.05, 3.63) is 29.3 Å². The molecule has 1 aromatic carbocycles. The van der Waals surface area contributed by atoms with E-state index in [9.17, 15) is 10.1 Å². The maximum absolute atomic E-state index is 12.3.